The highest BCUT2D eigenvalue weighted by atomic mass is 79.9. The van der Waals surface area contributed by atoms with Crippen LogP contribution in [-0.4, -0.2) is 44.9 Å². The summed E-state index contributed by atoms with van der Waals surface area (Å²) in [5, 5.41) is 4.25. The van der Waals surface area contributed by atoms with Crippen LogP contribution in [0.2, 0.25) is 0 Å². The summed E-state index contributed by atoms with van der Waals surface area (Å²) in [5.41, 5.74) is 2.61. The largest absolute Gasteiger partial charge is 0.352 e. The van der Waals surface area contributed by atoms with E-state index in [4.69, 9.17) is 4.98 Å². The number of likely N-dealkylation sites (tertiary alicyclic amines) is 1. The lowest BCUT2D eigenvalue weighted by molar-refractivity contribution is 0.0321. The number of hydrogen-bond donors (Lipinski definition) is 1. The Morgan fingerprint density at radius 2 is 2.00 bits per heavy atom. The van der Waals surface area contributed by atoms with Gasteiger partial charge in [0.05, 0.1) is 16.0 Å². The van der Waals surface area contributed by atoms with Gasteiger partial charge in [-0.05, 0) is 58.8 Å². The van der Waals surface area contributed by atoms with Crippen LogP contribution in [0.15, 0.2) is 47.2 Å². The topological polar surface area (TPSA) is 71.0 Å². The van der Waals surface area contributed by atoms with Crippen molar-refractivity contribution in [1.82, 2.24) is 19.9 Å². The van der Waals surface area contributed by atoms with Crippen LogP contribution in [0.1, 0.15) is 49.7 Å². The summed E-state index contributed by atoms with van der Waals surface area (Å²) in [6, 6.07) is 9.91. The van der Waals surface area contributed by atoms with E-state index in [2.05, 4.69) is 52.0 Å². The van der Waals surface area contributed by atoms with Gasteiger partial charge in [0.2, 0.25) is 5.95 Å². The molecular weight excluding hydrogens is 454 g/mol. The minimum Gasteiger partial charge on any atom is -0.352 e. The van der Waals surface area contributed by atoms with Gasteiger partial charge in [-0.1, -0.05) is 32.9 Å². The van der Waals surface area contributed by atoms with Crippen LogP contribution in [0.25, 0.3) is 10.9 Å². The van der Waals surface area contributed by atoms with Crippen molar-refractivity contribution in [2.75, 3.05) is 18.4 Å². The number of piperidine rings is 1. The number of pyridine rings is 1. The van der Waals surface area contributed by atoms with Crippen molar-refractivity contribution >= 4 is 38.7 Å². The second-order valence-corrected chi connectivity index (χ2v) is 9.66. The van der Waals surface area contributed by atoms with Crippen LogP contribution >= 0.6 is 15.9 Å². The minimum absolute atomic E-state index is 0.0194. The lowest BCUT2D eigenvalue weighted by Gasteiger charge is -2.46. The maximum Gasteiger partial charge on any atom is 0.254 e. The van der Waals surface area contributed by atoms with Crippen molar-refractivity contribution < 1.29 is 4.79 Å². The van der Waals surface area contributed by atoms with E-state index in [0.717, 1.165) is 52.4 Å². The molecule has 0 saturated carbocycles. The van der Waals surface area contributed by atoms with Crippen LogP contribution in [0.5, 0.6) is 0 Å². The van der Waals surface area contributed by atoms with Crippen LogP contribution in [0.3, 0.4) is 0 Å². The lowest BCUT2D eigenvalue weighted by Crippen LogP contribution is -2.55. The van der Waals surface area contributed by atoms with E-state index >= 15 is 0 Å². The van der Waals surface area contributed by atoms with Gasteiger partial charge in [-0.15, -0.1) is 0 Å². The first kappa shape index (κ1) is 21.7. The molecule has 4 rings (SSSR count). The van der Waals surface area contributed by atoms with E-state index in [1.807, 2.05) is 35.2 Å². The Bertz CT molecular complexity index is 1080. The maximum atomic E-state index is 13.8. The Labute approximate surface area is 191 Å². The maximum absolute atomic E-state index is 13.8. The highest BCUT2D eigenvalue weighted by molar-refractivity contribution is 9.10. The third-order valence-electron chi connectivity index (χ3n) is 6.22. The zero-order valence-corrected chi connectivity index (χ0v) is 19.8. The molecule has 1 aromatic carbocycles. The summed E-state index contributed by atoms with van der Waals surface area (Å²) in [5.74, 6) is 0.631. The molecule has 1 aliphatic rings. The molecule has 31 heavy (non-hydrogen) atoms. The first-order valence-electron chi connectivity index (χ1n) is 10.8. The van der Waals surface area contributed by atoms with Gasteiger partial charge in [0.25, 0.3) is 5.91 Å². The van der Waals surface area contributed by atoms with E-state index < -0.39 is 0 Å². The summed E-state index contributed by atoms with van der Waals surface area (Å²) < 4.78 is 0.837. The molecule has 2 aromatic heterocycles. The van der Waals surface area contributed by atoms with Crippen molar-refractivity contribution in [3.8, 4) is 0 Å². The molecule has 1 unspecified atom stereocenters. The number of aromatic nitrogens is 3. The number of hydrogen-bond acceptors (Lipinski definition) is 5. The smallest absolute Gasteiger partial charge is 0.254 e. The number of rotatable bonds is 5. The molecule has 0 radical (unpaired) electrons. The molecule has 1 fully saturated rings. The van der Waals surface area contributed by atoms with Crippen LogP contribution in [0, 0.1) is 5.41 Å². The number of nitrogens with zero attached hydrogens (tertiary/aromatic N) is 4. The fourth-order valence-corrected chi connectivity index (χ4v) is 4.61. The number of carbonyl (C=O) groups is 1. The molecule has 0 spiro atoms. The normalized spacial score (nSPS) is 18.2. The molecule has 3 heterocycles. The quantitative estimate of drug-likeness (QED) is 0.549. The van der Waals surface area contributed by atoms with Gasteiger partial charge in [0.1, 0.15) is 0 Å². The zero-order chi connectivity index (χ0) is 22.0. The molecule has 1 aliphatic heterocycles. The van der Waals surface area contributed by atoms with Gasteiger partial charge in [0.15, 0.2) is 0 Å². The number of halogens is 1. The zero-order valence-electron chi connectivity index (χ0n) is 18.2. The number of carbonyl (C=O) groups excluding carboxylic acids is 1. The second kappa shape index (κ2) is 8.91. The minimum atomic E-state index is -0.0194. The monoisotopic (exact) mass is 481 g/mol. The summed E-state index contributed by atoms with van der Waals surface area (Å²) in [4.78, 5) is 29.1. The summed E-state index contributed by atoms with van der Waals surface area (Å²) in [6.07, 6.45) is 6.38. The van der Waals surface area contributed by atoms with Gasteiger partial charge >= 0.3 is 0 Å². The predicted molar refractivity (Wildman–Crippen MR) is 127 cm³/mol. The molecule has 0 aliphatic carbocycles. The van der Waals surface area contributed by atoms with Gasteiger partial charge < -0.3 is 10.2 Å². The summed E-state index contributed by atoms with van der Waals surface area (Å²) >= 11 is 3.36. The molecule has 1 N–H and O–H groups in total. The Hall–Kier alpha value is -2.54. The summed E-state index contributed by atoms with van der Waals surface area (Å²) in [7, 11) is 0. The van der Waals surface area contributed by atoms with E-state index in [9.17, 15) is 4.79 Å². The van der Waals surface area contributed by atoms with Gasteiger partial charge in [-0.3, -0.25) is 9.78 Å². The van der Waals surface area contributed by atoms with Crippen LogP contribution < -0.4 is 5.32 Å². The fraction of sp³-hybridized carbons (Fsp3) is 0.417. The average molecular weight is 482 g/mol. The Morgan fingerprint density at radius 1 is 1.23 bits per heavy atom. The Balaban J connectivity index is 1.63. The van der Waals surface area contributed by atoms with Crippen molar-refractivity contribution in [2.24, 2.45) is 5.41 Å². The van der Waals surface area contributed by atoms with E-state index in [-0.39, 0.29) is 17.4 Å². The number of aryl methyl sites for hydroxylation is 1. The first-order chi connectivity index (χ1) is 14.9. The number of anilines is 1. The molecule has 162 valence electrons. The number of benzene rings is 1. The predicted octanol–water partition coefficient (Wildman–Crippen LogP) is 5.09. The highest BCUT2D eigenvalue weighted by Crippen LogP contribution is 2.36. The van der Waals surface area contributed by atoms with Gasteiger partial charge in [0, 0.05) is 42.1 Å². The van der Waals surface area contributed by atoms with E-state index in [0.29, 0.717) is 12.5 Å². The SMILES string of the molecule is CCc1ccc2c(C(=O)N3CCCC(C)(C)C3CNc3ncc(Br)cn3)cccc2n1. The first-order valence-corrected chi connectivity index (χ1v) is 11.6. The van der Waals surface area contributed by atoms with E-state index in [1.54, 1.807) is 12.4 Å². The number of fused-ring (bicyclic) bond motifs is 1. The third kappa shape index (κ3) is 4.56. The lowest BCUT2D eigenvalue weighted by atomic mass is 9.76. The van der Waals surface area contributed by atoms with Crippen LogP contribution in [-0.2, 0) is 6.42 Å². The second-order valence-electron chi connectivity index (χ2n) is 8.74. The van der Waals surface area contributed by atoms with E-state index in [1.165, 1.54) is 0 Å². The van der Waals surface area contributed by atoms with Crippen molar-refractivity contribution in [1.29, 1.82) is 0 Å². The van der Waals surface area contributed by atoms with Gasteiger partial charge in [-0.2, -0.15) is 0 Å². The molecule has 7 heteroatoms. The van der Waals surface area contributed by atoms with Crippen LogP contribution in [0.4, 0.5) is 5.95 Å². The van der Waals surface area contributed by atoms with Gasteiger partial charge in [-0.25, -0.2) is 9.97 Å². The molecule has 1 atom stereocenters. The highest BCUT2D eigenvalue weighted by Gasteiger charge is 2.40. The summed E-state index contributed by atoms with van der Waals surface area (Å²) in [6.45, 7) is 7.90. The molecule has 6 nitrogen and oxygen atoms in total. The molecular formula is C24H28BrN5O. The third-order valence-corrected chi connectivity index (χ3v) is 6.62. The Kier molecular flexibility index (Phi) is 6.23. The fourth-order valence-electron chi connectivity index (χ4n) is 4.41. The number of nitrogens with one attached hydrogen (secondary N) is 1. The van der Waals surface area contributed by atoms with Crippen molar-refractivity contribution in [2.45, 2.75) is 46.1 Å². The molecule has 1 saturated heterocycles. The molecule has 0 bridgehead atoms. The van der Waals surface area contributed by atoms with Crippen molar-refractivity contribution in [3.63, 3.8) is 0 Å². The van der Waals surface area contributed by atoms with Crippen molar-refractivity contribution in [3.05, 3.63) is 58.5 Å². The standard InChI is InChI=1S/C24H28BrN5O/c1-4-17-9-10-18-19(7-5-8-20(18)29-17)22(31)30-12-6-11-24(2,3)21(30)15-28-23-26-13-16(25)14-27-23/h5,7-10,13-14,21H,4,6,11-12,15H2,1-3H3,(H,26,27,28). The average Bonchev–Trinajstić information content (AvgIpc) is 2.77. The molecule has 3 aromatic rings. The number of amides is 1. The molecule has 1 amide bonds. The Morgan fingerprint density at radius 3 is 2.74 bits per heavy atom.